The van der Waals surface area contributed by atoms with Crippen LogP contribution in [0.25, 0.3) is 0 Å². The number of thiophene rings is 1. The predicted molar refractivity (Wildman–Crippen MR) is 96.3 cm³/mol. The fraction of sp³-hybridized carbons (Fsp3) is 0.333. The predicted octanol–water partition coefficient (Wildman–Crippen LogP) is 3.66. The molecule has 0 N–H and O–H groups in total. The molecule has 6 heteroatoms. The van der Waals surface area contributed by atoms with Crippen molar-refractivity contribution in [3.05, 3.63) is 57.2 Å². The molecule has 1 fully saturated rings. The summed E-state index contributed by atoms with van der Waals surface area (Å²) in [6.07, 6.45) is 1.59. The maximum Gasteiger partial charge on any atom is 0.264 e. The molecule has 2 heterocycles. The van der Waals surface area contributed by atoms with Crippen molar-refractivity contribution in [2.45, 2.75) is 25.4 Å². The largest absolute Gasteiger partial charge is 0.340 e. The van der Waals surface area contributed by atoms with E-state index < -0.39 is 0 Å². The van der Waals surface area contributed by atoms with Crippen LogP contribution in [0.4, 0.5) is 0 Å². The zero-order chi connectivity index (χ0) is 17.1. The van der Waals surface area contributed by atoms with E-state index in [0.29, 0.717) is 23.0 Å². The molecule has 1 aliphatic rings. The second-order valence-electron chi connectivity index (χ2n) is 5.95. The third kappa shape index (κ3) is 3.62. The van der Waals surface area contributed by atoms with Crippen LogP contribution < -0.4 is 0 Å². The monoisotopic (exact) mass is 362 g/mol. The number of hydrogen-bond donors (Lipinski definition) is 0. The highest BCUT2D eigenvalue weighted by Crippen LogP contribution is 2.24. The van der Waals surface area contributed by atoms with E-state index in [1.807, 2.05) is 41.8 Å². The highest BCUT2D eigenvalue weighted by molar-refractivity contribution is 7.12. The van der Waals surface area contributed by atoms with Crippen molar-refractivity contribution in [3.63, 3.8) is 0 Å². The quantitative estimate of drug-likeness (QED) is 0.832. The molecule has 0 bridgehead atoms. The lowest BCUT2D eigenvalue weighted by Gasteiger charge is -2.28. The van der Waals surface area contributed by atoms with Gasteiger partial charge in [-0.25, -0.2) is 0 Å². The minimum Gasteiger partial charge on any atom is -0.340 e. The van der Waals surface area contributed by atoms with E-state index in [1.165, 1.54) is 11.3 Å². The van der Waals surface area contributed by atoms with E-state index in [2.05, 4.69) is 0 Å². The molecule has 1 aromatic heterocycles. The van der Waals surface area contributed by atoms with Gasteiger partial charge >= 0.3 is 0 Å². The molecule has 0 radical (unpaired) electrons. The Balaban J connectivity index is 1.68. The number of benzene rings is 1. The average molecular weight is 363 g/mol. The number of rotatable bonds is 4. The van der Waals surface area contributed by atoms with Crippen LogP contribution in [0.15, 0.2) is 41.8 Å². The molecule has 0 aliphatic carbocycles. The zero-order valence-corrected chi connectivity index (χ0v) is 15.0. The van der Waals surface area contributed by atoms with Gasteiger partial charge in [0.2, 0.25) is 5.91 Å². The summed E-state index contributed by atoms with van der Waals surface area (Å²) >= 11 is 7.31. The van der Waals surface area contributed by atoms with Gasteiger partial charge in [0.25, 0.3) is 5.91 Å². The Labute approximate surface area is 150 Å². The van der Waals surface area contributed by atoms with Crippen LogP contribution in [-0.4, -0.2) is 41.2 Å². The molecule has 126 valence electrons. The van der Waals surface area contributed by atoms with Crippen LogP contribution in [0, 0.1) is 0 Å². The Kier molecular flexibility index (Phi) is 5.21. The summed E-state index contributed by atoms with van der Waals surface area (Å²) in [6.45, 7) is 1.15. The van der Waals surface area contributed by atoms with Crippen molar-refractivity contribution in [1.29, 1.82) is 0 Å². The van der Waals surface area contributed by atoms with Gasteiger partial charge in [-0.2, -0.15) is 0 Å². The molecule has 1 aliphatic heterocycles. The van der Waals surface area contributed by atoms with Crippen LogP contribution in [0.1, 0.15) is 28.1 Å². The lowest BCUT2D eigenvalue weighted by molar-refractivity contribution is -0.134. The molecular formula is C18H19ClN2O2S. The van der Waals surface area contributed by atoms with E-state index in [-0.39, 0.29) is 17.9 Å². The number of likely N-dealkylation sites (N-methyl/N-ethyl adjacent to an activating group) is 1. The molecule has 1 saturated heterocycles. The number of carbonyl (C=O) groups excluding carboxylic acids is 2. The van der Waals surface area contributed by atoms with E-state index in [9.17, 15) is 9.59 Å². The third-order valence-corrected chi connectivity index (χ3v) is 5.35. The summed E-state index contributed by atoms with van der Waals surface area (Å²) in [7, 11) is 1.78. The van der Waals surface area contributed by atoms with Gasteiger partial charge in [0.1, 0.15) is 6.04 Å². The first-order valence-corrected chi connectivity index (χ1v) is 9.16. The second-order valence-corrected chi connectivity index (χ2v) is 7.34. The van der Waals surface area contributed by atoms with Crippen molar-refractivity contribution < 1.29 is 9.59 Å². The van der Waals surface area contributed by atoms with Crippen LogP contribution >= 0.6 is 22.9 Å². The first kappa shape index (κ1) is 17.0. The minimum atomic E-state index is -0.364. The normalized spacial score (nSPS) is 17.1. The summed E-state index contributed by atoms with van der Waals surface area (Å²) in [4.78, 5) is 29.5. The number of likely N-dealkylation sites (tertiary alicyclic amines) is 1. The van der Waals surface area contributed by atoms with Crippen molar-refractivity contribution in [2.24, 2.45) is 0 Å². The van der Waals surface area contributed by atoms with Crippen LogP contribution in [0.5, 0.6) is 0 Å². The van der Waals surface area contributed by atoms with Gasteiger partial charge in [-0.15, -0.1) is 11.3 Å². The van der Waals surface area contributed by atoms with Gasteiger partial charge in [-0.05, 0) is 42.0 Å². The molecule has 0 unspecified atom stereocenters. The Morgan fingerprint density at radius 2 is 2.04 bits per heavy atom. The minimum absolute atomic E-state index is 0.00708. The van der Waals surface area contributed by atoms with Gasteiger partial charge in [0.15, 0.2) is 0 Å². The first-order chi connectivity index (χ1) is 11.6. The Bertz CT molecular complexity index is 715. The van der Waals surface area contributed by atoms with Crippen molar-refractivity contribution in [1.82, 2.24) is 9.80 Å². The molecule has 0 spiro atoms. The zero-order valence-electron chi connectivity index (χ0n) is 13.4. The summed E-state index contributed by atoms with van der Waals surface area (Å²) in [6, 6.07) is 10.8. The fourth-order valence-electron chi connectivity index (χ4n) is 3.00. The SMILES string of the molecule is CN(Cc1ccc(Cl)cc1)C(=O)[C@@H]1CCCN1C(=O)c1cccs1. The maximum atomic E-state index is 12.8. The van der Waals surface area contributed by atoms with E-state index >= 15 is 0 Å². The highest BCUT2D eigenvalue weighted by Gasteiger charge is 2.36. The number of halogens is 1. The van der Waals surface area contributed by atoms with Crippen LogP contribution in [-0.2, 0) is 11.3 Å². The van der Waals surface area contributed by atoms with Crippen molar-refractivity contribution in [2.75, 3.05) is 13.6 Å². The summed E-state index contributed by atoms with van der Waals surface area (Å²) < 4.78 is 0. The Morgan fingerprint density at radius 3 is 2.71 bits per heavy atom. The molecule has 1 atom stereocenters. The number of hydrogen-bond acceptors (Lipinski definition) is 3. The van der Waals surface area contributed by atoms with Gasteiger partial charge in [-0.3, -0.25) is 9.59 Å². The third-order valence-electron chi connectivity index (χ3n) is 4.24. The molecule has 3 rings (SSSR count). The number of nitrogens with zero attached hydrogens (tertiary/aromatic N) is 2. The van der Waals surface area contributed by atoms with Gasteiger partial charge < -0.3 is 9.80 Å². The maximum absolute atomic E-state index is 12.8. The highest BCUT2D eigenvalue weighted by atomic mass is 35.5. The van der Waals surface area contributed by atoms with Crippen molar-refractivity contribution >= 4 is 34.8 Å². The molecule has 0 saturated carbocycles. The summed E-state index contributed by atoms with van der Waals surface area (Å²) in [5, 5.41) is 2.56. The molecule has 24 heavy (non-hydrogen) atoms. The number of carbonyl (C=O) groups is 2. The van der Waals surface area contributed by atoms with E-state index in [4.69, 9.17) is 11.6 Å². The van der Waals surface area contributed by atoms with Crippen molar-refractivity contribution in [3.8, 4) is 0 Å². The standard InChI is InChI=1S/C18H19ClN2O2S/c1-20(12-13-6-8-14(19)9-7-13)17(22)15-4-2-10-21(15)18(23)16-5-3-11-24-16/h3,5-9,11,15H,2,4,10,12H2,1H3/t15-/m0/s1. The molecule has 4 nitrogen and oxygen atoms in total. The molecular weight excluding hydrogens is 344 g/mol. The second kappa shape index (κ2) is 7.36. The lowest BCUT2D eigenvalue weighted by atomic mass is 10.1. The molecule has 2 aromatic rings. The van der Waals surface area contributed by atoms with Gasteiger partial charge in [-0.1, -0.05) is 29.8 Å². The average Bonchev–Trinajstić information content (AvgIpc) is 3.27. The summed E-state index contributed by atoms with van der Waals surface area (Å²) in [5.41, 5.74) is 1.02. The lowest BCUT2D eigenvalue weighted by Crippen LogP contribution is -2.46. The van der Waals surface area contributed by atoms with E-state index in [0.717, 1.165) is 18.4 Å². The molecule has 2 amide bonds. The first-order valence-electron chi connectivity index (χ1n) is 7.90. The van der Waals surface area contributed by atoms with Crippen LogP contribution in [0.2, 0.25) is 5.02 Å². The topological polar surface area (TPSA) is 40.6 Å². The number of amides is 2. The Hall–Kier alpha value is -1.85. The smallest absolute Gasteiger partial charge is 0.264 e. The Morgan fingerprint density at radius 1 is 1.29 bits per heavy atom. The van der Waals surface area contributed by atoms with Gasteiger partial charge in [0.05, 0.1) is 4.88 Å². The van der Waals surface area contributed by atoms with E-state index in [1.54, 1.807) is 16.8 Å². The summed E-state index contributed by atoms with van der Waals surface area (Å²) in [5.74, 6) is -0.0481. The van der Waals surface area contributed by atoms with Gasteiger partial charge in [0, 0.05) is 25.2 Å². The fourth-order valence-corrected chi connectivity index (χ4v) is 3.81. The molecule has 1 aromatic carbocycles. The van der Waals surface area contributed by atoms with Crippen LogP contribution in [0.3, 0.4) is 0 Å².